The fourth-order valence-corrected chi connectivity index (χ4v) is 4.92. The number of thiophene rings is 1. The van der Waals surface area contributed by atoms with Crippen LogP contribution in [0.3, 0.4) is 0 Å². The third-order valence-corrected chi connectivity index (χ3v) is 6.43. The third-order valence-electron chi connectivity index (χ3n) is 5.26. The van der Waals surface area contributed by atoms with Crippen LogP contribution in [0.5, 0.6) is 0 Å². The molecule has 1 saturated heterocycles. The van der Waals surface area contributed by atoms with Gasteiger partial charge in [0.25, 0.3) is 0 Å². The van der Waals surface area contributed by atoms with Crippen LogP contribution in [0, 0.1) is 13.8 Å². The molecular weight excluding hydrogens is 384 g/mol. The number of ether oxygens (including phenoxy) is 1. The van der Waals surface area contributed by atoms with E-state index in [9.17, 15) is 4.79 Å². The molecule has 0 spiro atoms. The van der Waals surface area contributed by atoms with Crippen molar-refractivity contribution in [2.75, 3.05) is 37.7 Å². The molecule has 7 heteroatoms. The number of carbonyl (C=O) groups is 1. The molecule has 3 heterocycles. The first-order valence-electron chi connectivity index (χ1n) is 10.0. The molecule has 4 rings (SSSR count). The Balaban J connectivity index is 1.57. The molecule has 0 aliphatic carbocycles. The molecule has 6 nitrogen and oxygen atoms in total. The van der Waals surface area contributed by atoms with Crippen LogP contribution in [0.2, 0.25) is 0 Å². The standard InChI is InChI=1S/C22H26N4O2S/c1-4-28-22(27)19-15(2)18-20(23-16(3)24-21(18)29-19)26-12-10-25(11-13-26)14-17-8-6-5-7-9-17/h5-9H,4,10-14H2,1-3H3. The summed E-state index contributed by atoms with van der Waals surface area (Å²) in [5, 5.41) is 0.986. The topological polar surface area (TPSA) is 58.6 Å². The molecule has 1 aliphatic heterocycles. The van der Waals surface area contributed by atoms with E-state index in [1.165, 1.54) is 16.9 Å². The zero-order chi connectivity index (χ0) is 20.4. The zero-order valence-corrected chi connectivity index (χ0v) is 18.0. The smallest absolute Gasteiger partial charge is 0.348 e. The lowest BCUT2D eigenvalue weighted by atomic mass is 10.1. The molecule has 0 saturated carbocycles. The normalized spacial score (nSPS) is 15.1. The van der Waals surface area contributed by atoms with Crippen LogP contribution in [0.4, 0.5) is 5.82 Å². The second-order valence-electron chi connectivity index (χ2n) is 7.30. The molecule has 0 unspecified atom stereocenters. The van der Waals surface area contributed by atoms with E-state index in [0.717, 1.165) is 60.1 Å². The maximum Gasteiger partial charge on any atom is 0.348 e. The van der Waals surface area contributed by atoms with Crippen molar-refractivity contribution in [3.63, 3.8) is 0 Å². The Bertz CT molecular complexity index is 1010. The Morgan fingerprint density at radius 3 is 2.52 bits per heavy atom. The molecule has 0 radical (unpaired) electrons. The summed E-state index contributed by atoms with van der Waals surface area (Å²) >= 11 is 1.40. The quantitative estimate of drug-likeness (QED) is 0.596. The highest BCUT2D eigenvalue weighted by molar-refractivity contribution is 7.20. The van der Waals surface area contributed by atoms with Crippen LogP contribution in [-0.4, -0.2) is 53.6 Å². The van der Waals surface area contributed by atoms with E-state index >= 15 is 0 Å². The second-order valence-corrected chi connectivity index (χ2v) is 8.30. The van der Waals surface area contributed by atoms with Gasteiger partial charge in [-0.25, -0.2) is 14.8 Å². The van der Waals surface area contributed by atoms with Crippen molar-refractivity contribution in [3.05, 3.63) is 52.2 Å². The molecule has 152 valence electrons. The predicted molar refractivity (Wildman–Crippen MR) is 117 cm³/mol. The summed E-state index contributed by atoms with van der Waals surface area (Å²) in [6, 6.07) is 10.6. The predicted octanol–water partition coefficient (Wildman–Crippen LogP) is 3.81. The minimum absolute atomic E-state index is 0.274. The van der Waals surface area contributed by atoms with Crippen molar-refractivity contribution in [1.29, 1.82) is 0 Å². The van der Waals surface area contributed by atoms with E-state index in [4.69, 9.17) is 9.72 Å². The van der Waals surface area contributed by atoms with E-state index in [2.05, 4.69) is 45.1 Å². The van der Waals surface area contributed by atoms with E-state index in [1.54, 1.807) is 0 Å². The largest absolute Gasteiger partial charge is 0.462 e. The molecule has 3 aromatic rings. The number of anilines is 1. The number of nitrogens with zero attached hydrogens (tertiary/aromatic N) is 4. The summed E-state index contributed by atoms with van der Waals surface area (Å²) in [5.74, 6) is 1.40. The number of fused-ring (bicyclic) bond motifs is 1. The van der Waals surface area contributed by atoms with Gasteiger partial charge in [0.15, 0.2) is 0 Å². The highest BCUT2D eigenvalue weighted by atomic mass is 32.1. The first kappa shape index (κ1) is 19.8. The fraction of sp³-hybridized carbons (Fsp3) is 0.409. The van der Waals surface area contributed by atoms with Gasteiger partial charge in [-0.3, -0.25) is 4.90 Å². The molecule has 29 heavy (non-hydrogen) atoms. The highest BCUT2D eigenvalue weighted by Crippen LogP contribution is 2.36. The van der Waals surface area contributed by atoms with Crippen LogP contribution in [0.15, 0.2) is 30.3 Å². The third kappa shape index (κ3) is 4.11. The maximum atomic E-state index is 12.3. The van der Waals surface area contributed by atoms with Crippen molar-refractivity contribution in [2.45, 2.75) is 27.3 Å². The number of aromatic nitrogens is 2. The summed E-state index contributed by atoms with van der Waals surface area (Å²) in [6.45, 7) is 10.8. The number of aryl methyl sites for hydroxylation is 2. The minimum atomic E-state index is -0.274. The van der Waals surface area contributed by atoms with Crippen LogP contribution < -0.4 is 4.90 Å². The van der Waals surface area contributed by atoms with Gasteiger partial charge in [0.05, 0.1) is 12.0 Å². The number of carbonyl (C=O) groups excluding carboxylic acids is 1. The van der Waals surface area contributed by atoms with Crippen LogP contribution in [-0.2, 0) is 11.3 Å². The van der Waals surface area contributed by atoms with E-state index in [0.29, 0.717) is 11.5 Å². The molecule has 1 aromatic carbocycles. The van der Waals surface area contributed by atoms with Gasteiger partial charge in [-0.1, -0.05) is 30.3 Å². The van der Waals surface area contributed by atoms with Crippen molar-refractivity contribution in [1.82, 2.24) is 14.9 Å². The zero-order valence-electron chi connectivity index (χ0n) is 17.1. The summed E-state index contributed by atoms with van der Waals surface area (Å²) in [6.07, 6.45) is 0. The Morgan fingerprint density at radius 2 is 1.83 bits per heavy atom. The first-order valence-corrected chi connectivity index (χ1v) is 10.8. The number of esters is 1. The van der Waals surface area contributed by atoms with Gasteiger partial charge in [0.2, 0.25) is 0 Å². The van der Waals surface area contributed by atoms with E-state index < -0.39 is 0 Å². The number of benzene rings is 1. The van der Waals surface area contributed by atoms with Crippen LogP contribution in [0.25, 0.3) is 10.2 Å². The van der Waals surface area contributed by atoms with Gasteiger partial charge in [-0.05, 0) is 31.9 Å². The molecule has 1 aliphatic rings. The number of hydrogen-bond acceptors (Lipinski definition) is 7. The van der Waals surface area contributed by atoms with Crippen molar-refractivity contribution in [3.8, 4) is 0 Å². The lowest BCUT2D eigenvalue weighted by Crippen LogP contribution is -2.46. The van der Waals surface area contributed by atoms with Gasteiger partial charge >= 0.3 is 5.97 Å². The second kappa shape index (κ2) is 8.47. The van der Waals surface area contributed by atoms with E-state index in [-0.39, 0.29) is 5.97 Å². The number of rotatable bonds is 5. The summed E-state index contributed by atoms with van der Waals surface area (Å²) < 4.78 is 5.23. The van der Waals surface area contributed by atoms with Crippen molar-refractivity contribution in [2.24, 2.45) is 0 Å². The number of piperazine rings is 1. The van der Waals surface area contributed by atoms with Gasteiger partial charge in [-0.15, -0.1) is 11.3 Å². The average Bonchev–Trinajstić information content (AvgIpc) is 3.05. The Morgan fingerprint density at radius 1 is 1.10 bits per heavy atom. The van der Waals surface area contributed by atoms with Gasteiger partial charge in [0, 0.05) is 32.7 Å². The fourth-order valence-electron chi connectivity index (χ4n) is 3.80. The Hall–Kier alpha value is -2.51. The molecule has 0 atom stereocenters. The first-order chi connectivity index (χ1) is 14.1. The van der Waals surface area contributed by atoms with Gasteiger partial charge in [0.1, 0.15) is 21.3 Å². The molecule has 1 fully saturated rings. The maximum absolute atomic E-state index is 12.3. The summed E-state index contributed by atoms with van der Waals surface area (Å²) in [4.78, 5) is 28.0. The molecular formula is C22H26N4O2S. The highest BCUT2D eigenvalue weighted by Gasteiger charge is 2.25. The molecule has 2 aromatic heterocycles. The van der Waals surface area contributed by atoms with Crippen LogP contribution >= 0.6 is 11.3 Å². The van der Waals surface area contributed by atoms with Crippen LogP contribution in [0.1, 0.15) is 33.5 Å². The molecule has 0 bridgehead atoms. The molecule has 0 amide bonds. The van der Waals surface area contributed by atoms with Gasteiger partial charge in [-0.2, -0.15) is 0 Å². The lowest BCUT2D eigenvalue weighted by molar-refractivity contribution is 0.0531. The van der Waals surface area contributed by atoms with E-state index in [1.807, 2.05) is 20.8 Å². The Labute approximate surface area is 175 Å². The van der Waals surface area contributed by atoms with Gasteiger partial charge < -0.3 is 9.64 Å². The number of hydrogen-bond donors (Lipinski definition) is 0. The monoisotopic (exact) mass is 410 g/mol. The summed E-state index contributed by atoms with van der Waals surface area (Å²) in [7, 11) is 0. The lowest BCUT2D eigenvalue weighted by Gasteiger charge is -2.35. The van der Waals surface area contributed by atoms with Crippen molar-refractivity contribution >= 4 is 33.3 Å². The van der Waals surface area contributed by atoms with Crippen molar-refractivity contribution < 1.29 is 9.53 Å². The average molecular weight is 411 g/mol. The Kier molecular flexibility index (Phi) is 5.78. The summed E-state index contributed by atoms with van der Waals surface area (Å²) in [5.41, 5.74) is 2.26. The SMILES string of the molecule is CCOC(=O)c1sc2nc(C)nc(N3CCN(Cc4ccccc4)CC3)c2c1C. The molecule has 0 N–H and O–H groups in total. The minimum Gasteiger partial charge on any atom is -0.462 e.